The first kappa shape index (κ1) is 12.4. The molecule has 0 saturated carbocycles. The van der Waals surface area contributed by atoms with Crippen molar-refractivity contribution in [3.8, 4) is 0 Å². The van der Waals surface area contributed by atoms with Crippen molar-refractivity contribution in [1.29, 1.82) is 0 Å². The molecule has 2 heterocycles. The second kappa shape index (κ2) is 4.43. The summed E-state index contributed by atoms with van der Waals surface area (Å²) in [6, 6.07) is 17.9. The molecule has 0 fully saturated rings. The number of hydrogen-bond acceptors (Lipinski definition) is 4. The quantitative estimate of drug-likeness (QED) is 0.317. The fourth-order valence-corrected chi connectivity index (χ4v) is 2.93. The molecular weight excluding hydrogens is 284 g/mol. The first-order valence-electron chi connectivity index (χ1n) is 7.51. The molecule has 23 heavy (non-hydrogen) atoms. The third kappa shape index (κ3) is 1.85. The van der Waals surface area contributed by atoms with Gasteiger partial charge in [-0.25, -0.2) is 19.9 Å². The zero-order valence-electron chi connectivity index (χ0n) is 12.5. The first-order chi connectivity index (χ1) is 11.3. The molecule has 0 N–H and O–H groups in total. The van der Waals surface area contributed by atoms with Crippen molar-refractivity contribution in [2.24, 2.45) is 0 Å². The van der Waals surface area contributed by atoms with E-state index in [0.29, 0.717) is 0 Å². The van der Waals surface area contributed by atoms with Crippen LogP contribution in [0.25, 0.3) is 44.1 Å². The van der Waals surface area contributed by atoms with Crippen LogP contribution in [0.1, 0.15) is 5.56 Å². The second-order valence-electron chi connectivity index (χ2n) is 5.73. The summed E-state index contributed by atoms with van der Waals surface area (Å²) in [6.07, 6.45) is 0. The molecule has 0 aliphatic rings. The number of fused-ring (bicyclic) bond motifs is 5. The van der Waals surface area contributed by atoms with Crippen LogP contribution < -0.4 is 0 Å². The highest BCUT2D eigenvalue weighted by Gasteiger charge is 2.09. The molecule has 0 spiro atoms. The van der Waals surface area contributed by atoms with Gasteiger partial charge in [-0.2, -0.15) is 0 Å². The summed E-state index contributed by atoms with van der Waals surface area (Å²) in [5.74, 6) is 0. The molecule has 4 heteroatoms. The minimum Gasteiger partial charge on any atom is -0.244 e. The van der Waals surface area contributed by atoms with Crippen LogP contribution in [0.15, 0.2) is 54.6 Å². The van der Waals surface area contributed by atoms with E-state index in [1.165, 1.54) is 5.56 Å². The van der Waals surface area contributed by atoms with Crippen molar-refractivity contribution >= 4 is 44.1 Å². The number of aryl methyl sites for hydroxylation is 1. The number of para-hydroxylation sites is 2. The molecule has 2 aromatic heterocycles. The molecule has 108 valence electrons. The van der Waals surface area contributed by atoms with E-state index in [0.717, 1.165) is 44.1 Å². The van der Waals surface area contributed by atoms with Crippen LogP contribution in [-0.4, -0.2) is 19.9 Å². The van der Waals surface area contributed by atoms with E-state index in [9.17, 15) is 0 Å². The lowest BCUT2D eigenvalue weighted by molar-refractivity contribution is 1.35. The summed E-state index contributed by atoms with van der Waals surface area (Å²) in [6.45, 7) is 2.06. The van der Waals surface area contributed by atoms with Gasteiger partial charge in [-0.05, 0) is 48.9 Å². The maximum atomic E-state index is 4.79. The fourth-order valence-electron chi connectivity index (χ4n) is 2.93. The maximum absolute atomic E-state index is 4.79. The lowest BCUT2D eigenvalue weighted by Gasteiger charge is -2.06. The molecule has 0 amide bonds. The molecular formula is C19H12N4. The van der Waals surface area contributed by atoms with E-state index >= 15 is 0 Å². The van der Waals surface area contributed by atoms with Gasteiger partial charge in [-0.15, -0.1) is 0 Å². The highest BCUT2D eigenvalue weighted by Crippen LogP contribution is 2.24. The van der Waals surface area contributed by atoms with Gasteiger partial charge in [-0.3, -0.25) is 0 Å². The summed E-state index contributed by atoms with van der Waals surface area (Å²) < 4.78 is 0. The van der Waals surface area contributed by atoms with Gasteiger partial charge in [0.15, 0.2) is 0 Å². The average Bonchev–Trinajstić information content (AvgIpc) is 2.58. The topological polar surface area (TPSA) is 51.6 Å². The number of benzene rings is 3. The first-order valence-corrected chi connectivity index (χ1v) is 7.51. The van der Waals surface area contributed by atoms with Crippen molar-refractivity contribution in [2.75, 3.05) is 0 Å². The zero-order valence-corrected chi connectivity index (χ0v) is 12.5. The van der Waals surface area contributed by atoms with E-state index in [-0.39, 0.29) is 0 Å². The molecule has 3 aromatic carbocycles. The minimum atomic E-state index is 0.802. The van der Waals surface area contributed by atoms with Crippen molar-refractivity contribution in [1.82, 2.24) is 19.9 Å². The molecule has 0 aliphatic carbocycles. The van der Waals surface area contributed by atoms with Crippen LogP contribution in [0.3, 0.4) is 0 Å². The summed E-state index contributed by atoms with van der Waals surface area (Å²) in [7, 11) is 0. The van der Waals surface area contributed by atoms with Gasteiger partial charge in [0.25, 0.3) is 0 Å². The predicted octanol–water partition coefficient (Wildman–Crippen LogP) is 4.19. The molecule has 0 aliphatic heterocycles. The van der Waals surface area contributed by atoms with E-state index < -0.39 is 0 Å². The molecule has 0 bridgehead atoms. The Morgan fingerprint density at radius 1 is 0.522 bits per heavy atom. The Morgan fingerprint density at radius 3 is 1.74 bits per heavy atom. The molecule has 4 nitrogen and oxygen atoms in total. The maximum Gasteiger partial charge on any atom is 0.117 e. The minimum absolute atomic E-state index is 0.802. The third-order valence-corrected chi connectivity index (χ3v) is 4.07. The van der Waals surface area contributed by atoms with Gasteiger partial charge in [0.05, 0.1) is 33.1 Å². The van der Waals surface area contributed by atoms with Gasteiger partial charge >= 0.3 is 0 Å². The van der Waals surface area contributed by atoms with Crippen LogP contribution in [-0.2, 0) is 0 Å². The Bertz CT molecular complexity index is 1230. The largest absolute Gasteiger partial charge is 0.244 e. The summed E-state index contributed by atoms with van der Waals surface area (Å²) in [5, 5.41) is 0. The smallest absolute Gasteiger partial charge is 0.117 e. The third-order valence-electron chi connectivity index (χ3n) is 4.07. The lowest BCUT2D eigenvalue weighted by atomic mass is 10.2. The highest BCUT2D eigenvalue weighted by atomic mass is 14.9. The van der Waals surface area contributed by atoms with Crippen LogP contribution in [0.4, 0.5) is 0 Å². The van der Waals surface area contributed by atoms with Gasteiger partial charge < -0.3 is 0 Å². The number of hydrogen-bond donors (Lipinski definition) is 0. The van der Waals surface area contributed by atoms with Crippen LogP contribution >= 0.6 is 0 Å². The van der Waals surface area contributed by atoms with Gasteiger partial charge in [0, 0.05) is 0 Å². The highest BCUT2D eigenvalue weighted by molar-refractivity contribution is 6.04. The van der Waals surface area contributed by atoms with Crippen molar-refractivity contribution in [3.05, 3.63) is 60.2 Å². The summed E-state index contributed by atoms with van der Waals surface area (Å²) >= 11 is 0. The monoisotopic (exact) mass is 296 g/mol. The average molecular weight is 296 g/mol. The summed E-state index contributed by atoms with van der Waals surface area (Å²) in [5.41, 5.74) is 8.03. The fraction of sp³-hybridized carbons (Fsp3) is 0.0526. The Hall–Kier alpha value is -3.14. The van der Waals surface area contributed by atoms with Gasteiger partial charge in [-0.1, -0.05) is 18.2 Å². The Balaban J connectivity index is 1.97. The van der Waals surface area contributed by atoms with Crippen molar-refractivity contribution < 1.29 is 0 Å². The predicted molar refractivity (Wildman–Crippen MR) is 92.4 cm³/mol. The SMILES string of the molecule is Cc1ccc2nc3c(ccc4nc5ccccc5nc43)nc2c1. The number of nitrogens with zero attached hydrogens (tertiary/aromatic N) is 4. The van der Waals surface area contributed by atoms with Crippen LogP contribution in [0.5, 0.6) is 0 Å². The van der Waals surface area contributed by atoms with Crippen LogP contribution in [0, 0.1) is 6.92 Å². The summed E-state index contributed by atoms with van der Waals surface area (Å²) in [4.78, 5) is 19.0. The normalized spacial score (nSPS) is 11.7. The number of aromatic nitrogens is 4. The van der Waals surface area contributed by atoms with Crippen molar-refractivity contribution in [2.45, 2.75) is 6.92 Å². The van der Waals surface area contributed by atoms with E-state index in [1.54, 1.807) is 0 Å². The van der Waals surface area contributed by atoms with Crippen LogP contribution in [0.2, 0.25) is 0 Å². The Kier molecular flexibility index (Phi) is 2.39. The van der Waals surface area contributed by atoms with E-state index in [1.807, 2.05) is 42.5 Å². The Labute approximate surface area is 131 Å². The molecule has 5 aromatic rings. The zero-order chi connectivity index (χ0) is 15.4. The van der Waals surface area contributed by atoms with E-state index in [4.69, 9.17) is 19.9 Å². The standard InChI is InChI=1S/C19H12N4/c1-11-6-7-14-17(10-11)21-16-9-8-15-18(19(16)23-14)22-13-5-3-2-4-12(13)20-15/h2-10H,1H3. The van der Waals surface area contributed by atoms with E-state index in [2.05, 4.69) is 19.1 Å². The number of rotatable bonds is 0. The molecule has 0 unspecified atom stereocenters. The lowest BCUT2D eigenvalue weighted by Crippen LogP contribution is -1.93. The molecule has 5 rings (SSSR count). The van der Waals surface area contributed by atoms with Crippen molar-refractivity contribution in [3.63, 3.8) is 0 Å². The van der Waals surface area contributed by atoms with Gasteiger partial charge in [0.1, 0.15) is 11.0 Å². The molecule has 0 radical (unpaired) electrons. The second-order valence-corrected chi connectivity index (χ2v) is 5.73. The van der Waals surface area contributed by atoms with Gasteiger partial charge in [0.2, 0.25) is 0 Å². The molecule has 0 atom stereocenters. The molecule has 0 saturated heterocycles. The Morgan fingerprint density at radius 2 is 1.04 bits per heavy atom.